The first-order valence-corrected chi connectivity index (χ1v) is 5.31. The van der Waals surface area contributed by atoms with Gasteiger partial charge in [0.25, 0.3) is 0 Å². The van der Waals surface area contributed by atoms with Crippen molar-refractivity contribution in [1.29, 1.82) is 0 Å². The van der Waals surface area contributed by atoms with E-state index in [-0.39, 0.29) is 5.78 Å². The van der Waals surface area contributed by atoms with Crippen LogP contribution < -0.4 is 0 Å². The van der Waals surface area contributed by atoms with Crippen LogP contribution in [0.15, 0.2) is 21.7 Å². The highest BCUT2D eigenvalue weighted by atomic mass is 32.2. The zero-order valence-electron chi connectivity index (χ0n) is 6.37. The maximum atomic E-state index is 10.6. The molecule has 0 spiro atoms. The van der Waals surface area contributed by atoms with Crippen molar-refractivity contribution < 1.29 is 4.79 Å². The number of carbonyl (C=O) groups excluding carboxylic acids is 1. The summed E-state index contributed by atoms with van der Waals surface area (Å²) in [6.45, 7) is 1.63. The van der Waals surface area contributed by atoms with E-state index in [1.54, 1.807) is 30.0 Å². The van der Waals surface area contributed by atoms with Crippen LogP contribution in [0.5, 0.6) is 0 Å². The first-order chi connectivity index (χ1) is 5.29. The van der Waals surface area contributed by atoms with Gasteiger partial charge in [0.05, 0.1) is 4.21 Å². The Balaban J connectivity index is 2.19. The highest BCUT2D eigenvalue weighted by molar-refractivity contribution is 8.01. The van der Waals surface area contributed by atoms with Crippen LogP contribution in [0, 0.1) is 0 Å². The van der Waals surface area contributed by atoms with E-state index < -0.39 is 0 Å². The van der Waals surface area contributed by atoms with Crippen molar-refractivity contribution in [3.05, 3.63) is 17.5 Å². The summed E-state index contributed by atoms with van der Waals surface area (Å²) in [5.74, 6) is 1.18. The average Bonchev–Trinajstić information content (AvgIpc) is 2.39. The SMILES string of the molecule is CC(=O)CCSc1cccs1. The van der Waals surface area contributed by atoms with Crippen LogP contribution in [0.3, 0.4) is 0 Å². The molecule has 0 N–H and O–H groups in total. The van der Waals surface area contributed by atoms with Gasteiger partial charge in [-0.15, -0.1) is 23.1 Å². The Morgan fingerprint density at radius 3 is 3.09 bits per heavy atom. The molecule has 0 bridgehead atoms. The third kappa shape index (κ3) is 3.58. The van der Waals surface area contributed by atoms with E-state index in [1.165, 1.54) is 4.21 Å². The van der Waals surface area contributed by atoms with Gasteiger partial charge in [0.15, 0.2) is 0 Å². The second kappa shape index (κ2) is 4.57. The van der Waals surface area contributed by atoms with E-state index in [9.17, 15) is 4.79 Å². The molecular formula is C8H10OS2. The molecule has 1 aromatic heterocycles. The van der Waals surface area contributed by atoms with Gasteiger partial charge in [-0.05, 0) is 18.4 Å². The van der Waals surface area contributed by atoms with Crippen LogP contribution in [0.25, 0.3) is 0 Å². The first kappa shape index (κ1) is 8.81. The molecule has 1 heterocycles. The normalized spacial score (nSPS) is 9.91. The molecule has 0 aliphatic heterocycles. The second-order valence-corrected chi connectivity index (χ2v) is 4.58. The summed E-state index contributed by atoms with van der Waals surface area (Å²) in [6, 6.07) is 4.11. The molecule has 11 heavy (non-hydrogen) atoms. The summed E-state index contributed by atoms with van der Waals surface area (Å²) >= 11 is 3.48. The maximum absolute atomic E-state index is 10.6. The summed E-state index contributed by atoms with van der Waals surface area (Å²) in [5, 5.41) is 2.05. The lowest BCUT2D eigenvalue weighted by Gasteiger charge is -1.93. The Kier molecular flexibility index (Phi) is 3.66. The van der Waals surface area contributed by atoms with E-state index in [1.807, 2.05) is 6.07 Å². The Labute approximate surface area is 74.8 Å². The second-order valence-electron chi connectivity index (χ2n) is 2.23. The highest BCUT2D eigenvalue weighted by Crippen LogP contribution is 2.23. The quantitative estimate of drug-likeness (QED) is 0.673. The van der Waals surface area contributed by atoms with Gasteiger partial charge in [0, 0.05) is 12.2 Å². The molecule has 1 rings (SSSR count). The van der Waals surface area contributed by atoms with Crippen LogP contribution in [-0.4, -0.2) is 11.5 Å². The van der Waals surface area contributed by atoms with E-state index in [0.717, 1.165) is 5.75 Å². The number of rotatable bonds is 4. The highest BCUT2D eigenvalue weighted by Gasteiger charge is 1.96. The van der Waals surface area contributed by atoms with Crippen LogP contribution in [-0.2, 0) is 4.79 Å². The van der Waals surface area contributed by atoms with Gasteiger partial charge in [-0.1, -0.05) is 6.07 Å². The van der Waals surface area contributed by atoms with E-state index in [4.69, 9.17) is 0 Å². The fourth-order valence-corrected chi connectivity index (χ4v) is 2.54. The molecular weight excluding hydrogens is 176 g/mol. The number of hydrogen-bond acceptors (Lipinski definition) is 3. The Bertz CT molecular complexity index is 216. The molecule has 0 saturated heterocycles. The molecule has 0 aromatic carbocycles. The zero-order valence-corrected chi connectivity index (χ0v) is 8.00. The predicted molar refractivity (Wildman–Crippen MR) is 50.3 cm³/mol. The lowest BCUT2D eigenvalue weighted by molar-refractivity contribution is -0.116. The molecule has 0 radical (unpaired) electrons. The van der Waals surface area contributed by atoms with Crippen LogP contribution in [0.2, 0.25) is 0 Å². The van der Waals surface area contributed by atoms with Gasteiger partial charge in [0.1, 0.15) is 5.78 Å². The van der Waals surface area contributed by atoms with Gasteiger partial charge in [-0.2, -0.15) is 0 Å². The molecule has 0 aliphatic carbocycles. The van der Waals surface area contributed by atoms with E-state index in [0.29, 0.717) is 6.42 Å². The summed E-state index contributed by atoms with van der Waals surface area (Å²) in [7, 11) is 0. The molecule has 1 nitrogen and oxygen atoms in total. The minimum Gasteiger partial charge on any atom is -0.300 e. The lowest BCUT2D eigenvalue weighted by atomic mass is 10.4. The van der Waals surface area contributed by atoms with Crippen LogP contribution in [0.1, 0.15) is 13.3 Å². The number of carbonyl (C=O) groups is 1. The summed E-state index contributed by atoms with van der Waals surface area (Å²) in [6.07, 6.45) is 0.683. The molecule has 60 valence electrons. The Morgan fingerprint density at radius 2 is 2.55 bits per heavy atom. The topological polar surface area (TPSA) is 17.1 Å². The van der Waals surface area contributed by atoms with Gasteiger partial charge in [-0.3, -0.25) is 4.79 Å². The fraction of sp³-hybridized carbons (Fsp3) is 0.375. The first-order valence-electron chi connectivity index (χ1n) is 3.45. The van der Waals surface area contributed by atoms with Gasteiger partial charge in [0.2, 0.25) is 0 Å². The van der Waals surface area contributed by atoms with E-state index >= 15 is 0 Å². The monoisotopic (exact) mass is 186 g/mol. The zero-order chi connectivity index (χ0) is 8.10. The number of hydrogen-bond donors (Lipinski definition) is 0. The summed E-state index contributed by atoms with van der Waals surface area (Å²) in [4.78, 5) is 10.6. The molecule has 0 unspecified atom stereocenters. The van der Waals surface area contributed by atoms with Gasteiger partial charge >= 0.3 is 0 Å². The third-order valence-corrected chi connectivity index (χ3v) is 3.33. The van der Waals surface area contributed by atoms with Crippen molar-refractivity contribution in [2.24, 2.45) is 0 Å². The molecule has 3 heteroatoms. The molecule has 0 aliphatic rings. The van der Waals surface area contributed by atoms with Gasteiger partial charge < -0.3 is 0 Å². The van der Waals surface area contributed by atoms with E-state index in [2.05, 4.69) is 11.4 Å². The molecule has 0 atom stereocenters. The fourth-order valence-electron chi connectivity index (χ4n) is 0.641. The van der Waals surface area contributed by atoms with Crippen molar-refractivity contribution >= 4 is 28.9 Å². The number of thiophene rings is 1. The van der Waals surface area contributed by atoms with Crippen molar-refractivity contribution in [1.82, 2.24) is 0 Å². The lowest BCUT2D eigenvalue weighted by Crippen LogP contribution is -1.90. The Hall–Kier alpha value is -0.280. The predicted octanol–water partition coefficient (Wildman–Crippen LogP) is 2.82. The van der Waals surface area contributed by atoms with Gasteiger partial charge in [-0.25, -0.2) is 0 Å². The van der Waals surface area contributed by atoms with Crippen molar-refractivity contribution in [2.75, 3.05) is 5.75 Å². The smallest absolute Gasteiger partial charge is 0.130 e. The molecule has 0 fully saturated rings. The van der Waals surface area contributed by atoms with Crippen molar-refractivity contribution in [2.45, 2.75) is 17.6 Å². The largest absolute Gasteiger partial charge is 0.300 e. The Morgan fingerprint density at radius 1 is 1.73 bits per heavy atom. The van der Waals surface area contributed by atoms with Crippen LogP contribution >= 0.6 is 23.1 Å². The van der Waals surface area contributed by atoms with Crippen LogP contribution in [0.4, 0.5) is 0 Å². The average molecular weight is 186 g/mol. The minimum atomic E-state index is 0.272. The number of ketones is 1. The van der Waals surface area contributed by atoms with Crippen molar-refractivity contribution in [3.63, 3.8) is 0 Å². The third-order valence-electron chi connectivity index (χ3n) is 1.19. The molecule has 1 aromatic rings. The maximum Gasteiger partial charge on any atom is 0.130 e. The minimum absolute atomic E-state index is 0.272. The number of Topliss-reactive ketones (excluding diaryl/α,β-unsaturated/α-hetero) is 1. The molecule has 0 saturated carbocycles. The number of thioether (sulfide) groups is 1. The summed E-state index contributed by atoms with van der Waals surface area (Å²) < 4.78 is 1.30. The molecule has 0 amide bonds. The van der Waals surface area contributed by atoms with Crippen molar-refractivity contribution in [3.8, 4) is 0 Å². The summed E-state index contributed by atoms with van der Waals surface area (Å²) in [5.41, 5.74) is 0. The standard InChI is InChI=1S/C8H10OS2/c1-7(9)4-6-11-8-3-2-5-10-8/h2-3,5H,4,6H2,1H3.